The molecule has 0 amide bonds. The van der Waals surface area contributed by atoms with Crippen molar-refractivity contribution < 1.29 is 8.78 Å². The lowest BCUT2D eigenvalue weighted by Gasteiger charge is -2.38. The molecule has 0 unspecified atom stereocenters. The molecule has 4 nitrogen and oxygen atoms in total. The summed E-state index contributed by atoms with van der Waals surface area (Å²) in [5.74, 6) is -1.01. The summed E-state index contributed by atoms with van der Waals surface area (Å²) in [5, 5.41) is 0. The standard InChI is InChI=1S/C14H22F2N4/c1-18-9-17-13-12(18)8-20(10-19(13)2)7-11-3-5-14(15,16)6-4-11/h8,11H,3-7,9-10H2,1-2H3. The molecule has 2 heterocycles. The smallest absolute Gasteiger partial charge is 0.248 e. The maximum absolute atomic E-state index is 13.2. The van der Waals surface area contributed by atoms with Gasteiger partial charge in [0.1, 0.15) is 6.67 Å². The van der Waals surface area contributed by atoms with Gasteiger partial charge in [0.2, 0.25) is 5.92 Å². The van der Waals surface area contributed by atoms with Crippen LogP contribution in [0.3, 0.4) is 0 Å². The predicted octanol–water partition coefficient (Wildman–Crippen LogP) is 2.16. The van der Waals surface area contributed by atoms with Crippen LogP contribution in [0.5, 0.6) is 0 Å². The lowest BCUT2D eigenvalue weighted by atomic mass is 9.86. The average Bonchev–Trinajstić information content (AvgIpc) is 2.75. The normalized spacial score (nSPS) is 26.5. The first kappa shape index (κ1) is 13.6. The molecular weight excluding hydrogens is 262 g/mol. The molecule has 6 heteroatoms. The van der Waals surface area contributed by atoms with Crippen LogP contribution >= 0.6 is 0 Å². The van der Waals surface area contributed by atoms with Crippen LogP contribution in [0, 0.1) is 5.92 Å². The van der Waals surface area contributed by atoms with E-state index >= 15 is 0 Å². The minimum atomic E-state index is -2.43. The summed E-state index contributed by atoms with van der Waals surface area (Å²) in [4.78, 5) is 11.0. The number of aliphatic imine (C=N–C) groups is 1. The average molecular weight is 284 g/mol. The van der Waals surface area contributed by atoms with E-state index in [1.54, 1.807) is 0 Å². The summed E-state index contributed by atoms with van der Waals surface area (Å²) >= 11 is 0. The Morgan fingerprint density at radius 2 is 1.95 bits per heavy atom. The van der Waals surface area contributed by atoms with Crippen LogP contribution in [-0.2, 0) is 0 Å². The largest absolute Gasteiger partial charge is 0.358 e. The number of alkyl halides is 2. The van der Waals surface area contributed by atoms with Crippen molar-refractivity contribution in [2.75, 3.05) is 34.0 Å². The SMILES string of the molecule is CN1CN=C2C1=CN(CC1CCC(F)(F)CC1)CN2C. The molecule has 0 saturated heterocycles. The second-order valence-electron chi connectivity index (χ2n) is 6.25. The van der Waals surface area contributed by atoms with Crippen LogP contribution in [0.1, 0.15) is 25.7 Å². The van der Waals surface area contributed by atoms with Gasteiger partial charge in [0.15, 0.2) is 5.84 Å². The van der Waals surface area contributed by atoms with E-state index in [1.807, 2.05) is 14.1 Å². The zero-order valence-electron chi connectivity index (χ0n) is 12.1. The molecule has 1 fully saturated rings. The maximum atomic E-state index is 13.2. The van der Waals surface area contributed by atoms with Gasteiger partial charge in [-0.3, -0.25) is 0 Å². The van der Waals surface area contributed by atoms with E-state index in [0.29, 0.717) is 25.4 Å². The Hall–Kier alpha value is -1.33. The van der Waals surface area contributed by atoms with Crippen molar-refractivity contribution >= 4 is 5.84 Å². The Labute approximate surface area is 118 Å². The molecule has 3 rings (SSSR count). The summed E-state index contributed by atoms with van der Waals surface area (Å²) in [5.41, 5.74) is 1.14. The summed E-state index contributed by atoms with van der Waals surface area (Å²) in [6.45, 7) is 2.36. The maximum Gasteiger partial charge on any atom is 0.248 e. The summed E-state index contributed by atoms with van der Waals surface area (Å²) in [6, 6.07) is 0. The zero-order valence-corrected chi connectivity index (χ0v) is 12.1. The first-order valence-corrected chi connectivity index (χ1v) is 7.25. The Morgan fingerprint density at radius 1 is 1.25 bits per heavy atom. The van der Waals surface area contributed by atoms with Gasteiger partial charge in [0, 0.05) is 39.7 Å². The van der Waals surface area contributed by atoms with Crippen LogP contribution in [0.4, 0.5) is 8.78 Å². The van der Waals surface area contributed by atoms with Gasteiger partial charge in [0.25, 0.3) is 0 Å². The van der Waals surface area contributed by atoms with E-state index in [2.05, 4.69) is 25.9 Å². The van der Waals surface area contributed by atoms with Crippen molar-refractivity contribution in [1.82, 2.24) is 14.7 Å². The van der Waals surface area contributed by atoms with Crippen LogP contribution < -0.4 is 0 Å². The van der Waals surface area contributed by atoms with Gasteiger partial charge < -0.3 is 14.7 Å². The molecule has 0 radical (unpaired) electrons. The van der Waals surface area contributed by atoms with Crippen molar-refractivity contribution in [1.29, 1.82) is 0 Å². The molecule has 1 saturated carbocycles. The van der Waals surface area contributed by atoms with Crippen LogP contribution in [-0.4, -0.2) is 60.4 Å². The summed E-state index contributed by atoms with van der Waals surface area (Å²) in [6.07, 6.45) is 3.49. The highest BCUT2D eigenvalue weighted by atomic mass is 19.3. The first-order valence-electron chi connectivity index (χ1n) is 7.25. The summed E-state index contributed by atoms with van der Waals surface area (Å²) in [7, 11) is 4.06. The molecule has 0 aromatic carbocycles. The van der Waals surface area contributed by atoms with Crippen molar-refractivity contribution in [2.24, 2.45) is 10.9 Å². The number of halogens is 2. The van der Waals surface area contributed by atoms with Crippen LogP contribution in [0.25, 0.3) is 0 Å². The van der Waals surface area contributed by atoms with Crippen molar-refractivity contribution in [3.8, 4) is 0 Å². The van der Waals surface area contributed by atoms with E-state index in [0.717, 1.165) is 24.7 Å². The number of rotatable bonds is 2. The highest BCUT2D eigenvalue weighted by Gasteiger charge is 2.36. The molecule has 0 spiro atoms. The highest BCUT2D eigenvalue weighted by molar-refractivity contribution is 5.99. The van der Waals surface area contributed by atoms with Crippen molar-refractivity contribution in [3.05, 3.63) is 11.9 Å². The van der Waals surface area contributed by atoms with E-state index in [9.17, 15) is 8.78 Å². The van der Waals surface area contributed by atoms with Gasteiger partial charge in [-0.2, -0.15) is 0 Å². The lowest BCUT2D eigenvalue weighted by Crippen LogP contribution is -2.45. The van der Waals surface area contributed by atoms with E-state index in [4.69, 9.17) is 0 Å². The highest BCUT2D eigenvalue weighted by Crippen LogP contribution is 2.36. The molecule has 1 aliphatic carbocycles. The van der Waals surface area contributed by atoms with E-state index in [1.165, 1.54) is 0 Å². The van der Waals surface area contributed by atoms with Gasteiger partial charge in [0.05, 0.1) is 12.4 Å². The van der Waals surface area contributed by atoms with Crippen LogP contribution in [0.15, 0.2) is 16.9 Å². The zero-order chi connectivity index (χ0) is 14.3. The Bertz CT molecular complexity index is 436. The number of amidine groups is 1. The molecular formula is C14H22F2N4. The Kier molecular flexibility index (Phi) is 3.34. The second kappa shape index (κ2) is 4.90. The monoisotopic (exact) mass is 284 g/mol. The first-order chi connectivity index (χ1) is 9.44. The topological polar surface area (TPSA) is 22.1 Å². The van der Waals surface area contributed by atoms with E-state index in [-0.39, 0.29) is 12.8 Å². The number of hydrogen-bond acceptors (Lipinski definition) is 4. The quantitative estimate of drug-likeness (QED) is 0.776. The molecule has 2 aliphatic heterocycles. The third kappa shape index (κ3) is 2.60. The van der Waals surface area contributed by atoms with Crippen LogP contribution in [0.2, 0.25) is 0 Å². The van der Waals surface area contributed by atoms with Gasteiger partial charge in [-0.15, -0.1) is 0 Å². The van der Waals surface area contributed by atoms with Gasteiger partial charge in [-0.25, -0.2) is 13.8 Å². The molecule has 0 N–H and O–H groups in total. The third-order valence-electron chi connectivity index (χ3n) is 4.46. The molecule has 0 atom stereocenters. The Morgan fingerprint density at radius 3 is 2.65 bits per heavy atom. The molecule has 0 bridgehead atoms. The van der Waals surface area contributed by atoms with Gasteiger partial charge in [-0.1, -0.05) is 0 Å². The third-order valence-corrected chi connectivity index (χ3v) is 4.46. The predicted molar refractivity (Wildman–Crippen MR) is 74.4 cm³/mol. The molecule has 0 aromatic heterocycles. The second-order valence-corrected chi connectivity index (χ2v) is 6.25. The van der Waals surface area contributed by atoms with Crippen molar-refractivity contribution in [2.45, 2.75) is 31.6 Å². The Balaban J connectivity index is 1.63. The minimum Gasteiger partial charge on any atom is -0.358 e. The number of fused-ring (bicyclic) bond motifs is 1. The number of hydrogen-bond donors (Lipinski definition) is 0. The lowest BCUT2D eigenvalue weighted by molar-refractivity contribution is -0.0483. The fourth-order valence-corrected chi connectivity index (χ4v) is 3.25. The van der Waals surface area contributed by atoms with Crippen molar-refractivity contribution in [3.63, 3.8) is 0 Å². The number of nitrogens with zero attached hydrogens (tertiary/aromatic N) is 4. The molecule has 0 aromatic rings. The molecule has 20 heavy (non-hydrogen) atoms. The van der Waals surface area contributed by atoms with Gasteiger partial charge >= 0.3 is 0 Å². The fraction of sp³-hybridized carbons (Fsp3) is 0.786. The van der Waals surface area contributed by atoms with Gasteiger partial charge in [-0.05, 0) is 18.8 Å². The minimum absolute atomic E-state index is 0.0462. The number of likely N-dealkylation sites (N-methyl/N-ethyl adjacent to an activating group) is 2. The van der Waals surface area contributed by atoms with E-state index < -0.39 is 5.92 Å². The molecule has 112 valence electrons. The fourth-order valence-electron chi connectivity index (χ4n) is 3.25. The molecule has 3 aliphatic rings. The summed E-state index contributed by atoms with van der Waals surface area (Å²) < 4.78 is 26.4.